The molecule has 1 aromatic heterocycles. The Hall–Kier alpha value is -1.56. The minimum absolute atomic E-state index is 0.0849. The molecule has 1 aliphatic rings. The molecule has 1 aliphatic heterocycles. The Morgan fingerprint density at radius 3 is 2.88 bits per heavy atom. The molecule has 2 rings (SSSR count). The van der Waals surface area contributed by atoms with Gasteiger partial charge < -0.3 is 4.52 Å². The van der Waals surface area contributed by atoms with Crippen LogP contribution in [0.1, 0.15) is 32.9 Å². The highest BCUT2D eigenvalue weighted by molar-refractivity contribution is 5.87. The first-order valence-corrected chi connectivity index (χ1v) is 5.76. The molecule has 0 unspecified atom stereocenters. The summed E-state index contributed by atoms with van der Waals surface area (Å²) < 4.78 is 5.08. The average molecular weight is 238 g/mol. The first-order chi connectivity index (χ1) is 7.97. The standard InChI is InChI=1S/C11H18N4O2/c1-11(2,3)8-7-9(17-14-8)13-10(16)15-6-4-5-12-15/h7,12H,4-6H2,1-3H3,(H,13,16). The van der Waals surface area contributed by atoms with Gasteiger partial charge in [-0.3, -0.25) is 10.3 Å². The summed E-state index contributed by atoms with van der Waals surface area (Å²) in [6.07, 6.45) is 0.969. The van der Waals surface area contributed by atoms with E-state index in [-0.39, 0.29) is 11.4 Å². The lowest BCUT2D eigenvalue weighted by atomic mass is 9.92. The third-order valence-corrected chi connectivity index (χ3v) is 2.62. The van der Waals surface area contributed by atoms with Gasteiger partial charge in [-0.15, -0.1) is 0 Å². The normalized spacial score (nSPS) is 16.3. The lowest BCUT2D eigenvalue weighted by molar-refractivity contribution is 0.204. The van der Waals surface area contributed by atoms with Gasteiger partial charge in [0.15, 0.2) is 0 Å². The molecule has 1 aromatic rings. The zero-order valence-corrected chi connectivity index (χ0v) is 10.4. The number of aromatic nitrogens is 1. The number of amides is 2. The molecule has 0 radical (unpaired) electrons. The predicted molar refractivity (Wildman–Crippen MR) is 63.5 cm³/mol. The highest BCUT2D eigenvalue weighted by Crippen LogP contribution is 2.23. The van der Waals surface area contributed by atoms with Crippen molar-refractivity contribution < 1.29 is 9.32 Å². The summed E-state index contributed by atoms with van der Waals surface area (Å²) in [6, 6.07) is 1.55. The summed E-state index contributed by atoms with van der Waals surface area (Å²) in [5.41, 5.74) is 3.71. The first kappa shape index (κ1) is 11.9. The number of hydrazine groups is 1. The second kappa shape index (κ2) is 4.37. The van der Waals surface area contributed by atoms with Crippen LogP contribution in [0.25, 0.3) is 0 Å². The Morgan fingerprint density at radius 2 is 2.35 bits per heavy atom. The van der Waals surface area contributed by atoms with Crippen LogP contribution in [0.5, 0.6) is 0 Å². The first-order valence-electron chi connectivity index (χ1n) is 5.76. The van der Waals surface area contributed by atoms with Crippen LogP contribution in [0.15, 0.2) is 10.6 Å². The molecule has 2 N–H and O–H groups in total. The van der Waals surface area contributed by atoms with E-state index in [4.69, 9.17) is 4.52 Å². The minimum atomic E-state index is -0.209. The molecule has 1 saturated heterocycles. The number of carbonyl (C=O) groups is 1. The fourth-order valence-electron chi connectivity index (χ4n) is 1.56. The fourth-order valence-corrected chi connectivity index (χ4v) is 1.56. The van der Waals surface area contributed by atoms with Crippen LogP contribution >= 0.6 is 0 Å². The van der Waals surface area contributed by atoms with Crippen molar-refractivity contribution in [3.63, 3.8) is 0 Å². The van der Waals surface area contributed by atoms with E-state index in [2.05, 4.69) is 15.9 Å². The monoisotopic (exact) mass is 238 g/mol. The molecule has 17 heavy (non-hydrogen) atoms. The molecule has 6 nitrogen and oxygen atoms in total. The van der Waals surface area contributed by atoms with Gasteiger partial charge in [-0.25, -0.2) is 10.2 Å². The largest absolute Gasteiger partial charge is 0.338 e. The van der Waals surface area contributed by atoms with Gasteiger partial charge in [0.1, 0.15) is 0 Å². The van der Waals surface area contributed by atoms with E-state index in [1.807, 2.05) is 20.8 Å². The van der Waals surface area contributed by atoms with Gasteiger partial charge in [0.05, 0.1) is 5.69 Å². The van der Waals surface area contributed by atoms with E-state index in [1.54, 1.807) is 11.1 Å². The molecule has 1 fully saturated rings. The molecule has 0 saturated carbocycles. The number of anilines is 1. The number of hydrogen-bond donors (Lipinski definition) is 2. The zero-order valence-electron chi connectivity index (χ0n) is 10.4. The number of urea groups is 1. The van der Waals surface area contributed by atoms with Gasteiger partial charge in [0.2, 0.25) is 5.88 Å². The quantitative estimate of drug-likeness (QED) is 0.781. The minimum Gasteiger partial charge on any atom is -0.338 e. The lowest BCUT2D eigenvalue weighted by Crippen LogP contribution is -2.39. The number of carbonyl (C=O) groups excluding carboxylic acids is 1. The Balaban J connectivity index is 1.99. The summed E-state index contributed by atoms with van der Waals surface area (Å²) in [4.78, 5) is 11.7. The molecule has 0 spiro atoms. The topological polar surface area (TPSA) is 70.4 Å². The van der Waals surface area contributed by atoms with Crippen LogP contribution in [0.3, 0.4) is 0 Å². The second-order valence-electron chi connectivity index (χ2n) is 5.17. The van der Waals surface area contributed by atoms with Gasteiger partial charge in [-0.05, 0) is 6.42 Å². The van der Waals surface area contributed by atoms with E-state index in [0.29, 0.717) is 12.4 Å². The van der Waals surface area contributed by atoms with Crippen molar-refractivity contribution in [1.82, 2.24) is 15.6 Å². The molecule has 0 aliphatic carbocycles. The smallest absolute Gasteiger partial charge is 0.338 e. The predicted octanol–water partition coefficient (Wildman–Crippen LogP) is 1.71. The summed E-state index contributed by atoms with van der Waals surface area (Å²) in [5, 5.41) is 8.15. The van der Waals surface area contributed by atoms with Crippen molar-refractivity contribution in [2.45, 2.75) is 32.6 Å². The SMILES string of the molecule is CC(C)(C)c1cc(NC(=O)N2CCCN2)on1. The molecule has 94 valence electrons. The number of nitrogens with one attached hydrogen (secondary N) is 2. The van der Waals surface area contributed by atoms with Crippen molar-refractivity contribution in [3.05, 3.63) is 11.8 Å². The lowest BCUT2D eigenvalue weighted by Gasteiger charge is -2.14. The molecule has 2 heterocycles. The summed E-state index contributed by atoms with van der Waals surface area (Å²) >= 11 is 0. The number of hydrogen-bond acceptors (Lipinski definition) is 4. The highest BCUT2D eigenvalue weighted by Gasteiger charge is 2.22. The molecule has 0 atom stereocenters. The van der Waals surface area contributed by atoms with Crippen LogP contribution in [0.4, 0.5) is 10.7 Å². The molecular weight excluding hydrogens is 220 g/mol. The van der Waals surface area contributed by atoms with Crippen molar-refractivity contribution >= 4 is 11.9 Å². The van der Waals surface area contributed by atoms with Gasteiger partial charge >= 0.3 is 6.03 Å². The van der Waals surface area contributed by atoms with Crippen molar-refractivity contribution in [2.75, 3.05) is 18.4 Å². The van der Waals surface area contributed by atoms with Crippen molar-refractivity contribution in [1.29, 1.82) is 0 Å². The Bertz CT molecular complexity index is 402. The van der Waals surface area contributed by atoms with Gasteiger partial charge in [0.25, 0.3) is 0 Å². The average Bonchev–Trinajstić information content (AvgIpc) is 2.85. The maximum atomic E-state index is 11.7. The Morgan fingerprint density at radius 1 is 1.59 bits per heavy atom. The van der Waals surface area contributed by atoms with E-state index in [0.717, 1.165) is 18.7 Å². The van der Waals surface area contributed by atoms with E-state index < -0.39 is 0 Å². The van der Waals surface area contributed by atoms with Crippen LogP contribution < -0.4 is 10.7 Å². The van der Waals surface area contributed by atoms with Crippen LogP contribution in [-0.4, -0.2) is 29.3 Å². The number of rotatable bonds is 1. The van der Waals surface area contributed by atoms with E-state index in [9.17, 15) is 4.79 Å². The molecular formula is C11H18N4O2. The van der Waals surface area contributed by atoms with Gasteiger partial charge in [-0.1, -0.05) is 25.9 Å². The van der Waals surface area contributed by atoms with Gasteiger partial charge in [0, 0.05) is 24.6 Å². The van der Waals surface area contributed by atoms with E-state index in [1.165, 1.54) is 0 Å². The maximum Gasteiger partial charge on any atom is 0.338 e. The zero-order chi connectivity index (χ0) is 12.5. The fraction of sp³-hybridized carbons (Fsp3) is 0.636. The molecule has 0 aromatic carbocycles. The summed E-state index contributed by atoms with van der Waals surface area (Å²) in [6.45, 7) is 7.67. The summed E-state index contributed by atoms with van der Waals surface area (Å²) in [5.74, 6) is 0.383. The Labute approximate surface area is 100 Å². The van der Waals surface area contributed by atoms with Crippen LogP contribution in [-0.2, 0) is 5.41 Å². The number of nitrogens with zero attached hydrogens (tertiary/aromatic N) is 2. The Kier molecular flexibility index (Phi) is 3.06. The van der Waals surface area contributed by atoms with Crippen LogP contribution in [0.2, 0.25) is 0 Å². The van der Waals surface area contributed by atoms with E-state index >= 15 is 0 Å². The second-order valence-corrected chi connectivity index (χ2v) is 5.17. The van der Waals surface area contributed by atoms with Gasteiger partial charge in [-0.2, -0.15) is 0 Å². The third-order valence-electron chi connectivity index (χ3n) is 2.62. The van der Waals surface area contributed by atoms with Crippen molar-refractivity contribution in [3.8, 4) is 0 Å². The van der Waals surface area contributed by atoms with Crippen molar-refractivity contribution in [2.24, 2.45) is 0 Å². The molecule has 2 amide bonds. The maximum absolute atomic E-state index is 11.7. The summed E-state index contributed by atoms with van der Waals surface area (Å²) in [7, 11) is 0. The van der Waals surface area contributed by atoms with Crippen LogP contribution in [0, 0.1) is 0 Å². The molecule has 0 bridgehead atoms. The highest BCUT2D eigenvalue weighted by atomic mass is 16.5. The third kappa shape index (κ3) is 2.76. The molecule has 6 heteroatoms.